The van der Waals surface area contributed by atoms with Crippen LogP contribution in [-0.4, -0.2) is 10.2 Å². The highest BCUT2D eigenvalue weighted by molar-refractivity contribution is 9.10. The summed E-state index contributed by atoms with van der Waals surface area (Å²) >= 11 is 9.30. The Bertz CT molecular complexity index is 527. The van der Waals surface area contributed by atoms with Gasteiger partial charge in [0.15, 0.2) is 0 Å². The topological polar surface area (TPSA) is 51.0 Å². The third kappa shape index (κ3) is 2.98. The lowest BCUT2D eigenvalue weighted by molar-refractivity contribution is 0.510. The Morgan fingerprint density at radius 3 is 2.76 bits per heavy atom. The Labute approximate surface area is 113 Å². The van der Waals surface area contributed by atoms with Gasteiger partial charge in [-0.15, -0.1) is 16.7 Å². The molecular formula is C11H11BrClN3O. The van der Waals surface area contributed by atoms with Crippen LogP contribution in [0.1, 0.15) is 23.8 Å². The fourth-order valence-electron chi connectivity index (χ4n) is 1.28. The average Bonchev–Trinajstić information content (AvgIpc) is 2.71. The molecule has 2 rings (SSSR count). The normalized spacial score (nSPS) is 12.5. The molecule has 0 saturated heterocycles. The highest BCUT2D eigenvalue weighted by Gasteiger charge is 2.11. The molecule has 4 nitrogen and oxygen atoms in total. The van der Waals surface area contributed by atoms with E-state index in [9.17, 15) is 0 Å². The van der Waals surface area contributed by atoms with Crippen LogP contribution in [0.2, 0.25) is 0 Å². The van der Waals surface area contributed by atoms with E-state index in [-0.39, 0.29) is 5.38 Å². The molecule has 2 aromatic rings. The van der Waals surface area contributed by atoms with E-state index in [2.05, 4.69) is 31.4 Å². The highest BCUT2D eigenvalue weighted by atomic mass is 79.9. The van der Waals surface area contributed by atoms with E-state index in [1.54, 1.807) is 6.92 Å². The van der Waals surface area contributed by atoms with Gasteiger partial charge in [0.1, 0.15) is 5.38 Å². The molecule has 0 bridgehead atoms. The van der Waals surface area contributed by atoms with E-state index in [1.165, 1.54) is 5.56 Å². The van der Waals surface area contributed by atoms with Gasteiger partial charge in [-0.25, -0.2) is 0 Å². The molecule has 0 spiro atoms. The first-order valence-corrected chi connectivity index (χ1v) is 6.30. The summed E-state index contributed by atoms with van der Waals surface area (Å²) in [5.41, 5.74) is 2.04. The molecular weight excluding hydrogens is 305 g/mol. The van der Waals surface area contributed by atoms with Gasteiger partial charge in [0.25, 0.3) is 0 Å². The summed E-state index contributed by atoms with van der Waals surface area (Å²) in [5, 5.41) is 10.4. The van der Waals surface area contributed by atoms with Gasteiger partial charge in [-0.3, -0.25) is 0 Å². The molecule has 90 valence electrons. The van der Waals surface area contributed by atoms with Gasteiger partial charge in [-0.2, -0.15) is 0 Å². The molecule has 0 aliphatic carbocycles. The number of benzene rings is 1. The quantitative estimate of drug-likeness (QED) is 0.863. The maximum atomic E-state index is 5.84. The van der Waals surface area contributed by atoms with Crippen LogP contribution < -0.4 is 5.32 Å². The van der Waals surface area contributed by atoms with Crippen LogP contribution >= 0.6 is 27.5 Å². The lowest BCUT2D eigenvalue weighted by Gasteiger charge is -2.04. The SMILES string of the molecule is Cc1ccc(Nc2nnc(C(C)Cl)o2)c(Br)c1. The van der Waals surface area contributed by atoms with Crippen LogP contribution in [0.15, 0.2) is 27.1 Å². The first-order chi connectivity index (χ1) is 8.06. The first kappa shape index (κ1) is 12.4. The molecule has 0 amide bonds. The summed E-state index contributed by atoms with van der Waals surface area (Å²) in [6.07, 6.45) is 0. The molecule has 1 aromatic heterocycles. The average molecular weight is 317 g/mol. The lowest BCUT2D eigenvalue weighted by atomic mass is 10.2. The van der Waals surface area contributed by atoms with Crippen molar-refractivity contribution in [3.63, 3.8) is 0 Å². The molecule has 1 aromatic carbocycles. The molecule has 1 atom stereocenters. The number of hydrogen-bond acceptors (Lipinski definition) is 4. The van der Waals surface area contributed by atoms with Gasteiger partial charge in [-0.05, 0) is 47.5 Å². The maximum absolute atomic E-state index is 5.84. The van der Waals surface area contributed by atoms with Crippen LogP contribution in [0.3, 0.4) is 0 Å². The zero-order valence-electron chi connectivity index (χ0n) is 9.37. The molecule has 1 N–H and O–H groups in total. The number of nitrogens with zero attached hydrogens (tertiary/aromatic N) is 2. The summed E-state index contributed by atoms with van der Waals surface area (Å²) in [6.45, 7) is 3.80. The minimum atomic E-state index is -0.292. The Balaban J connectivity index is 2.19. The fourth-order valence-corrected chi connectivity index (χ4v) is 1.96. The van der Waals surface area contributed by atoms with Crippen LogP contribution in [-0.2, 0) is 0 Å². The molecule has 17 heavy (non-hydrogen) atoms. The molecule has 0 saturated carbocycles. The standard InChI is InChI=1S/C11H11BrClN3O/c1-6-3-4-9(8(12)5-6)14-11-16-15-10(17-11)7(2)13/h3-5,7H,1-2H3,(H,14,16). The van der Waals surface area contributed by atoms with Crippen LogP contribution in [0.25, 0.3) is 0 Å². The van der Waals surface area contributed by atoms with Gasteiger partial charge in [0.05, 0.1) is 5.69 Å². The summed E-state index contributed by atoms with van der Waals surface area (Å²) in [7, 11) is 0. The third-order valence-corrected chi connectivity index (χ3v) is 2.99. The van der Waals surface area contributed by atoms with Crippen LogP contribution in [0.4, 0.5) is 11.7 Å². The van der Waals surface area contributed by atoms with E-state index in [1.807, 2.05) is 25.1 Å². The van der Waals surface area contributed by atoms with Crippen molar-refractivity contribution in [3.8, 4) is 0 Å². The van der Waals surface area contributed by atoms with E-state index < -0.39 is 0 Å². The van der Waals surface area contributed by atoms with Crippen LogP contribution in [0.5, 0.6) is 0 Å². The Morgan fingerprint density at radius 1 is 1.41 bits per heavy atom. The lowest BCUT2D eigenvalue weighted by Crippen LogP contribution is -1.91. The molecule has 0 aliphatic heterocycles. The largest absolute Gasteiger partial charge is 0.406 e. The summed E-state index contributed by atoms with van der Waals surface area (Å²) in [4.78, 5) is 0. The number of anilines is 2. The van der Waals surface area contributed by atoms with Crippen molar-refractivity contribution in [3.05, 3.63) is 34.1 Å². The molecule has 6 heteroatoms. The van der Waals surface area contributed by atoms with Crippen molar-refractivity contribution >= 4 is 39.2 Å². The zero-order valence-corrected chi connectivity index (χ0v) is 11.7. The van der Waals surface area contributed by atoms with E-state index in [4.69, 9.17) is 16.0 Å². The second-order valence-corrected chi connectivity index (χ2v) is 5.18. The zero-order chi connectivity index (χ0) is 12.4. The van der Waals surface area contributed by atoms with Crippen molar-refractivity contribution < 1.29 is 4.42 Å². The van der Waals surface area contributed by atoms with Crippen molar-refractivity contribution in [2.24, 2.45) is 0 Å². The molecule has 0 fully saturated rings. The predicted molar refractivity (Wildman–Crippen MR) is 70.7 cm³/mol. The van der Waals surface area contributed by atoms with Gasteiger partial charge in [-0.1, -0.05) is 11.2 Å². The number of rotatable bonds is 3. The van der Waals surface area contributed by atoms with Gasteiger partial charge in [0.2, 0.25) is 5.89 Å². The third-order valence-electron chi connectivity index (χ3n) is 2.15. The minimum Gasteiger partial charge on any atom is -0.406 e. The Morgan fingerprint density at radius 2 is 2.18 bits per heavy atom. The number of nitrogens with one attached hydrogen (secondary N) is 1. The van der Waals surface area contributed by atoms with Gasteiger partial charge >= 0.3 is 6.01 Å². The molecule has 0 aliphatic rings. The first-order valence-electron chi connectivity index (χ1n) is 5.07. The number of alkyl halides is 1. The fraction of sp³-hybridized carbons (Fsp3) is 0.273. The van der Waals surface area contributed by atoms with Gasteiger partial charge in [0, 0.05) is 4.47 Å². The predicted octanol–water partition coefficient (Wildman–Crippen LogP) is 4.18. The van der Waals surface area contributed by atoms with E-state index in [0.717, 1.165) is 10.2 Å². The summed E-state index contributed by atoms with van der Waals surface area (Å²) in [5.74, 6) is 0.400. The summed E-state index contributed by atoms with van der Waals surface area (Å²) in [6, 6.07) is 6.27. The number of halogens is 2. The summed E-state index contributed by atoms with van der Waals surface area (Å²) < 4.78 is 6.29. The van der Waals surface area contributed by atoms with Crippen molar-refractivity contribution in [2.45, 2.75) is 19.2 Å². The maximum Gasteiger partial charge on any atom is 0.320 e. The molecule has 1 unspecified atom stereocenters. The second-order valence-electron chi connectivity index (χ2n) is 3.67. The Kier molecular flexibility index (Phi) is 3.69. The van der Waals surface area contributed by atoms with E-state index in [0.29, 0.717) is 11.9 Å². The molecule has 0 radical (unpaired) electrons. The number of hydrogen-bond donors (Lipinski definition) is 1. The number of aromatic nitrogens is 2. The minimum absolute atomic E-state index is 0.292. The van der Waals surface area contributed by atoms with Crippen molar-refractivity contribution in [1.29, 1.82) is 0 Å². The molecule has 1 heterocycles. The monoisotopic (exact) mass is 315 g/mol. The van der Waals surface area contributed by atoms with Crippen molar-refractivity contribution in [1.82, 2.24) is 10.2 Å². The smallest absolute Gasteiger partial charge is 0.320 e. The Hall–Kier alpha value is -1.07. The highest BCUT2D eigenvalue weighted by Crippen LogP contribution is 2.27. The van der Waals surface area contributed by atoms with Crippen LogP contribution in [0, 0.1) is 6.92 Å². The van der Waals surface area contributed by atoms with Crippen molar-refractivity contribution in [2.75, 3.05) is 5.32 Å². The van der Waals surface area contributed by atoms with E-state index >= 15 is 0 Å². The van der Waals surface area contributed by atoms with Gasteiger partial charge < -0.3 is 9.73 Å². The number of aryl methyl sites for hydroxylation is 1. The second kappa shape index (κ2) is 5.06.